The summed E-state index contributed by atoms with van der Waals surface area (Å²) in [5.41, 5.74) is 1.02. The first-order valence-corrected chi connectivity index (χ1v) is 4.61. The summed E-state index contributed by atoms with van der Waals surface area (Å²) in [6, 6.07) is 5.06. The summed E-state index contributed by atoms with van der Waals surface area (Å²) in [4.78, 5) is 0. The average Bonchev–Trinajstić information content (AvgIpc) is 2.38. The molecule has 0 atom stereocenters. The molecule has 1 N–H and O–H groups in total. The number of ether oxygens (including phenoxy) is 1. The summed E-state index contributed by atoms with van der Waals surface area (Å²) in [6.07, 6.45) is 1.61. The van der Waals surface area contributed by atoms with Crippen molar-refractivity contribution in [3.05, 3.63) is 23.8 Å². The van der Waals surface area contributed by atoms with Crippen LogP contribution in [0, 0.1) is 11.5 Å². The number of fused-ring (bicyclic) bond motifs is 1. The van der Waals surface area contributed by atoms with E-state index in [1.807, 2.05) is 13.8 Å². The zero-order valence-corrected chi connectivity index (χ0v) is 8.52. The van der Waals surface area contributed by atoms with Gasteiger partial charge in [0.05, 0.1) is 5.60 Å². The minimum atomic E-state index is -0.897. The Bertz CT molecular complexity index is 439. The Morgan fingerprint density at radius 2 is 2.27 bits per heavy atom. The van der Waals surface area contributed by atoms with Crippen LogP contribution in [0.3, 0.4) is 0 Å². The molecular formula is C10H10BNO3. The molecular weight excluding hydrogens is 193 g/mol. The fourth-order valence-electron chi connectivity index (χ4n) is 1.79. The highest BCUT2D eigenvalue weighted by Gasteiger charge is 2.40. The minimum Gasteiger partial charge on any atom is -0.423 e. The molecule has 4 nitrogen and oxygen atoms in total. The van der Waals surface area contributed by atoms with Crippen molar-refractivity contribution in [1.82, 2.24) is 0 Å². The van der Waals surface area contributed by atoms with Crippen LogP contribution in [0.2, 0.25) is 0 Å². The summed E-state index contributed by atoms with van der Waals surface area (Å²) < 4.78 is 10.1. The fraction of sp³-hybridized carbons (Fsp3) is 0.300. The monoisotopic (exact) mass is 203 g/mol. The fourth-order valence-corrected chi connectivity index (χ4v) is 1.79. The van der Waals surface area contributed by atoms with E-state index >= 15 is 0 Å². The van der Waals surface area contributed by atoms with Crippen molar-refractivity contribution in [3.8, 4) is 12.0 Å². The number of rotatable bonds is 1. The van der Waals surface area contributed by atoms with Gasteiger partial charge in [-0.3, -0.25) is 0 Å². The van der Waals surface area contributed by atoms with Gasteiger partial charge in [-0.05, 0) is 37.0 Å². The highest BCUT2D eigenvalue weighted by Crippen LogP contribution is 2.31. The van der Waals surface area contributed by atoms with E-state index in [-0.39, 0.29) is 0 Å². The Kier molecular flexibility index (Phi) is 2.18. The van der Waals surface area contributed by atoms with Crippen LogP contribution in [0.25, 0.3) is 0 Å². The third-order valence-electron chi connectivity index (χ3n) is 2.51. The van der Waals surface area contributed by atoms with E-state index in [2.05, 4.69) is 0 Å². The molecule has 15 heavy (non-hydrogen) atoms. The summed E-state index contributed by atoms with van der Waals surface area (Å²) in [5, 5.41) is 18.0. The Labute approximate surface area is 88.2 Å². The van der Waals surface area contributed by atoms with Gasteiger partial charge in [0.15, 0.2) is 0 Å². The second kappa shape index (κ2) is 3.26. The van der Waals surface area contributed by atoms with Gasteiger partial charge in [-0.15, -0.1) is 5.26 Å². The predicted molar refractivity (Wildman–Crippen MR) is 54.4 cm³/mol. The summed E-state index contributed by atoms with van der Waals surface area (Å²) >= 11 is 0. The molecule has 0 fully saturated rings. The van der Waals surface area contributed by atoms with Crippen LogP contribution in [-0.4, -0.2) is 12.1 Å². The Morgan fingerprint density at radius 3 is 2.93 bits per heavy atom. The number of benzene rings is 1. The van der Waals surface area contributed by atoms with Gasteiger partial charge in [0, 0.05) is 0 Å². The minimum absolute atomic E-state index is 0.460. The maximum absolute atomic E-state index is 9.61. The normalized spacial score (nSPS) is 17.1. The van der Waals surface area contributed by atoms with Crippen molar-refractivity contribution < 1.29 is 14.4 Å². The van der Waals surface area contributed by atoms with Gasteiger partial charge >= 0.3 is 7.12 Å². The Balaban J connectivity index is 2.48. The zero-order valence-electron chi connectivity index (χ0n) is 8.52. The molecule has 5 heteroatoms. The van der Waals surface area contributed by atoms with Gasteiger partial charge in [0.2, 0.25) is 0 Å². The van der Waals surface area contributed by atoms with Crippen molar-refractivity contribution in [2.75, 3.05) is 0 Å². The van der Waals surface area contributed by atoms with Crippen LogP contribution < -0.4 is 10.2 Å². The molecule has 1 aromatic rings. The van der Waals surface area contributed by atoms with Crippen molar-refractivity contribution in [2.45, 2.75) is 19.4 Å². The van der Waals surface area contributed by atoms with Gasteiger partial charge in [0.1, 0.15) is 5.75 Å². The lowest BCUT2D eigenvalue weighted by Gasteiger charge is -2.19. The molecule has 2 rings (SSSR count). The van der Waals surface area contributed by atoms with E-state index in [0.717, 1.165) is 11.0 Å². The van der Waals surface area contributed by atoms with Crippen LogP contribution in [0.15, 0.2) is 18.2 Å². The molecule has 0 saturated carbocycles. The highest BCUT2D eigenvalue weighted by atomic mass is 16.5. The second-order valence-electron chi connectivity index (χ2n) is 3.92. The highest BCUT2D eigenvalue weighted by molar-refractivity contribution is 6.61. The van der Waals surface area contributed by atoms with E-state index in [1.54, 1.807) is 24.5 Å². The molecule has 1 aromatic carbocycles. The van der Waals surface area contributed by atoms with E-state index in [1.165, 1.54) is 0 Å². The molecule has 0 aliphatic carbocycles. The molecule has 0 bridgehead atoms. The van der Waals surface area contributed by atoms with Crippen molar-refractivity contribution in [3.63, 3.8) is 0 Å². The summed E-state index contributed by atoms with van der Waals surface area (Å²) in [6.45, 7) is 3.72. The molecule has 1 aliphatic rings. The third kappa shape index (κ3) is 1.58. The van der Waals surface area contributed by atoms with Crippen LogP contribution in [0.4, 0.5) is 0 Å². The quantitative estimate of drug-likeness (QED) is 0.533. The molecule has 1 aliphatic heterocycles. The first-order valence-electron chi connectivity index (χ1n) is 4.61. The van der Waals surface area contributed by atoms with Crippen molar-refractivity contribution in [1.29, 1.82) is 5.26 Å². The molecule has 0 amide bonds. The predicted octanol–water partition coefficient (Wildman–Crippen LogP) is 0.499. The molecule has 0 aromatic heterocycles. The number of hydrogen-bond donors (Lipinski definition) is 1. The largest absolute Gasteiger partial charge is 0.492 e. The summed E-state index contributed by atoms with van der Waals surface area (Å²) in [5.74, 6) is 0.460. The first-order chi connectivity index (χ1) is 7.04. The number of hydrogen-bond acceptors (Lipinski definition) is 4. The van der Waals surface area contributed by atoms with Gasteiger partial charge in [0.25, 0.3) is 6.26 Å². The Morgan fingerprint density at radius 1 is 1.53 bits per heavy atom. The molecule has 76 valence electrons. The third-order valence-corrected chi connectivity index (χ3v) is 2.51. The van der Waals surface area contributed by atoms with Crippen LogP contribution in [-0.2, 0) is 10.3 Å². The van der Waals surface area contributed by atoms with Gasteiger partial charge in [-0.2, -0.15) is 0 Å². The molecule has 0 saturated heterocycles. The van der Waals surface area contributed by atoms with Gasteiger partial charge in [-0.25, -0.2) is 0 Å². The zero-order chi connectivity index (χ0) is 11.1. The summed E-state index contributed by atoms with van der Waals surface area (Å²) in [7, 11) is -0.897. The lowest BCUT2D eigenvalue weighted by Crippen LogP contribution is -2.28. The lowest BCUT2D eigenvalue weighted by atomic mass is 9.78. The van der Waals surface area contributed by atoms with Crippen LogP contribution >= 0.6 is 0 Å². The van der Waals surface area contributed by atoms with Gasteiger partial charge in [-0.1, -0.05) is 6.07 Å². The van der Waals surface area contributed by atoms with Crippen LogP contribution in [0.5, 0.6) is 5.75 Å². The topological polar surface area (TPSA) is 62.5 Å². The second-order valence-corrected chi connectivity index (χ2v) is 3.92. The first kappa shape index (κ1) is 10.0. The lowest BCUT2D eigenvalue weighted by molar-refractivity contribution is 0.101. The molecule has 0 spiro atoms. The van der Waals surface area contributed by atoms with Crippen LogP contribution in [0.1, 0.15) is 19.4 Å². The molecule has 0 radical (unpaired) electrons. The van der Waals surface area contributed by atoms with Gasteiger partial charge < -0.3 is 14.4 Å². The standard InChI is InChI=1S/C10H10BNO3/c1-10(2)8-5-7(14-6-12)3-4-9(8)11(13)15-10/h3-5,13H,1-2H3. The van der Waals surface area contributed by atoms with E-state index < -0.39 is 12.7 Å². The van der Waals surface area contributed by atoms with E-state index in [0.29, 0.717) is 5.75 Å². The smallest absolute Gasteiger partial charge is 0.423 e. The number of nitrogens with zero attached hydrogens (tertiary/aromatic N) is 1. The molecule has 0 unspecified atom stereocenters. The SMILES string of the molecule is CC1(C)OB(O)c2ccc(OC#N)cc21. The Hall–Kier alpha value is -1.51. The average molecular weight is 203 g/mol. The van der Waals surface area contributed by atoms with Crippen molar-refractivity contribution >= 4 is 12.6 Å². The van der Waals surface area contributed by atoms with E-state index in [9.17, 15) is 5.02 Å². The molecule has 1 heterocycles. The van der Waals surface area contributed by atoms with Crippen molar-refractivity contribution in [2.24, 2.45) is 0 Å². The number of nitriles is 1. The maximum atomic E-state index is 9.61. The maximum Gasteiger partial charge on any atom is 0.492 e. The van der Waals surface area contributed by atoms with E-state index in [4.69, 9.17) is 14.7 Å².